The zero-order valence-corrected chi connectivity index (χ0v) is 19.6. The summed E-state index contributed by atoms with van der Waals surface area (Å²) in [4.78, 5) is 42.0. The molecule has 1 aliphatic rings. The Labute approximate surface area is 187 Å². The highest BCUT2D eigenvalue weighted by molar-refractivity contribution is 7.09. The molecule has 0 radical (unpaired) electrons. The van der Waals surface area contributed by atoms with Crippen molar-refractivity contribution < 1.29 is 19.1 Å². The van der Waals surface area contributed by atoms with E-state index >= 15 is 0 Å². The Bertz CT molecular complexity index is 785. The summed E-state index contributed by atoms with van der Waals surface area (Å²) < 4.78 is 9.34. The number of ether oxygens (including phenoxy) is 1. The Morgan fingerprint density at radius 3 is 2.45 bits per heavy atom. The normalized spacial score (nSPS) is 16.0. The van der Waals surface area contributed by atoms with Crippen LogP contribution in [0.2, 0.25) is 0 Å². The smallest absolute Gasteiger partial charge is 0.270 e. The number of hydrogen-bond acceptors (Lipinski definition) is 8. The van der Waals surface area contributed by atoms with E-state index in [2.05, 4.69) is 14.6 Å². The molecule has 1 unspecified atom stereocenters. The number of nitrogens with one attached hydrogen (secondary N) is 1. The molecular formula is C20H34N6O4S. The molecule has 11 heteroatoms. The van der Waals surface area contributed by atoms with Gasteiger partial charge in [0.05, 0.1) is 18.9 Å². The van der Waals surface area contributed by atoms with Gasteiger partial charge < -0.3 is 26.4 Å². The van der Waals surface area contributed by atoms with Crippen LogP contribution in [0.15, 0.2) is 0 Å². The minimum absolute atomic E-state index is 0.0367. The van der Waals surface area contributed by atoms with E-state index < -0.39 is 23.4 Å². The summed E-state index contributed by atoms with van der Waals surface area (Å²) in [6.07, 6.45) is 1.21. The predicted octanol–water partition coefficient (Wildman–Crippen LogP) is 0.682. The van der Waals surface area contributed by atoms with Crippen LogP contribution in [-0.4, -0.2) is 82.9 Å². The molecule has 1 aromatic rings. The van der Waals surface area contributed by atoms with Gasteiger partial charge in [-0.15, -0.1) is 0 Å². The molecule has 0 spiro atoms. The molecular weight excluding hydrogens is 420 g/mol. The fraction of sp³-hybridized carbons (Fsp3) is 0.700. The van der Waals surface area contributed by atoms with E-state index in [1.807, 2.05) is 27.7 Å². The Hall–Kier alpha value is -2.24. The van der Waals surface area contributed by atoms with E-state index in [0.29, 0.717) is 39.1 Å². The molecule has 31 heavy (non-hydrogen) atoms. The van der Waals surface area contributed by atoms with Gasteiger partial charge in [-0.3, -0.25) is 19.3 Å². The number of amides is 3. The van der Waals surface area contributed by atoms with Gasteiger partial charge in [0.1, 0.15) is 10.9 Å². The van der Waals surface area contributed by atoms with Crippen molar-refractivity contribution in [1.82, 2.24) is 19.5 Å². The average Bonchev–Trinajstić information content (AvgIpc) is 3.08. The summed E-state index contributed by atoms with van der Waals surface area (Å²) in [5.41, 5.74) is 10.7. The van der Waals surface area contributed by atoms with Crippen LogP contribution in [0.1, 0.15) is 60.7 Å². The van der Waals surface area contributed by atoms with Crippen molar-refractivity contribution in [3.05, 3.63) is 10.6 Å². The first kappa shape index (κ1) is 25.0. The average molecular weight is 455 g/mol. The van der Waals surface area contributed by atoms with Gasteiger partial charge in [-0.1, -0.05) is 13.3 Å². The van der Waals surface area contributed by atoms with E-state index in [1.165, 1.54) is 0 Å². The molecule has 5 N–H and O–H groups in total. The quantitative estimate of drug-likeness (QED) is 0.498. The van der Waals surface area contributed by atoms with Crippen molar-refractivity contribution in [1.29, 1.82) is 0 Å². The lowest BCUT2D eigenvalue weighted by Crippen LogP contribution is -2.55. The number of anilines is 1. The molecule has 174 valence electrons. The third kappa shape index (κ3) is 6.88. The predicted molar refractivity (Wildman–Crippen MR) is 120 cm³/mol. The highest BCUT2D eigenvalue weighted by Gasteiger charge is 2.34. The Morgan fingerprint density at radius 1 is 1.29 bits per heavy atom. The molecule has 1 aliphatic heterocycles. The van der Waals surface area contributed by atoms with Crippen LogP contribution in [0.25, 0.3) is 0 Å². The summed E-state index contributed by atoms with van der Waals surface area (Å²) in [7, 11) is 0. The van der Waals surface area contributed by atoms with Crippen molar-refractivity contribution in [2.75, 3.05) is 45.1 Å². The SMILES string of the molecule is CCCC(C(=O)NC(C)(C)C)N(CCN1CCOCC1)C(=O)c1snc(C(N)=O)c1N. The van der Waals surface area contributed by atoms with E-state index in [1.54, 1.807) is 4.90 Å². The fourth-order valence-corrected chi connectivity index (χ4v) is 4.15. The second kappa shape index (κ2) is 10.9. The zero-order chi connectivity index (χ0) is 23.2. The fourth-order valence-electron chi connectivity index (χ4n) is 3.39. The molecule has 0 aromatic carbocycles. The van der Waals surface area contributed by atoms with Gasteiger partial charge >= 0.3 is 0 Å². The summed E-state index contributed by atoms with van der Waals surface area (Å²) in [5, 5.41) is 2.98. The number of aromatic nitrogens is 1. The molecule has 2 heterocycles. The van der Waals surface area contributed by atoms with Gasteiger partial charge in [0.15, 0.2) is 5.69 Å². The first-order valence-electron chi connectivity index (χ1n) is 10.5. The number of primary amides is 1. The number of hydrogen-bond donors (Lipinski definition) is 3. The number of nitrogens with two attached hydrogens (primary N) is 2. The first-order chi connectivity index (χ1) is 14.5. The van der Waals surface area contributed by atoms with Crippen molar-refractivity contribution >= 4 is 34.9 Å². The Balaban J connectivity index is 2.33. The number of rotatable bonds is 9. The van der Waals surface area contributed by atoms with Crippen LogP contribution in [0.5, 0.6) is 0 Å². The minimum atomic E-state index is -0.789. The van der Waals surface area contributed by atoms with Gasteiger partial charge in [-0.2, -0.15) is 4.37 Å². The summed E-state index contributed by atoms with van der Waals surface area (Å²) >= 11 is 0.830. The number of carbonyl (C=O) groups is 3. The van der Waals surface area contributed by atoms with Crippen LogP contribution in [-0.2, 0) is 9.53 Å². The van der Waals surface area contributed by atoms with Crippen LogP contribution in [0.3, 0.4) is 0 Å². The first-order valence-corrected chi connectivity index (χ1v) is 11.3. The van der Waals surface area contributed by atoms with Gasteiger partial charge in [0.2, 0.25) is 5.91 Å². The number of morpholine rings is 1. The second-order valence-corrected chi connectivity index (χ2v) is 9.41. The third-order valence-electron chi connectivity index (χ3n) is 4.92. The third-order valence-corrected chi connectivity index (χ3v) is 5.77. The molecule has 3 amide bonds. The highest BCUT2D eigenvalue weighted by Crippen LogP contribution is 2.25. The maximum absolute atomic E-state index is 13.5. The number of carbonyl (C=O) groups excluding carboxylic acids is 3. The van der Waals surface area contributed by atoms with Crippen LogP contribution >= 0.6 is 11.5 Å². The lowest BCUT2D eigenvalue weighted by Gasteiger charge is -2.35. The van der Waals surface area contributed by atoms with Gasteiger partial charge in [-0.25, -0.2) is 0 Å². The maximum atomic E-state index is 13.5. The van der Waals surface area contributed by atoms with Crippen molar-refractivity contribution in [3.8, 4) is 0 Å². The van der Waals surface area contributed by atoms with Gasteiger partial charge in [-0.05, 0) is 38.7 Å². The monoisotopic (exact) mass is 454 g/mol. The van der Waals surface area contributed by atoms with E-state index in [0.717, 1.165) is 24.6 Å². The standard InChI is InChI=1S/C20H34N6O4S/c1-5-6-13(18(28)23-20(2,3)4)26(8-7-25-9-11-30-12-10-25)19(29)16-14(21)15(17(22)27)24-31-16/h13H,5-12,21H2,1-4H3,(H2,22,27)(H,23,28). The summed E-state index contributed by atoms with van der Waals surface area (Å²) in [5.74, 6) is -1.43. The van der Waals surface area contributed by atoms with Gasteiger partial charge in [0, 0.05) is 31.7 Å². The zero-order valence-electron chi connectivity index (χ0n) is 18.8. The van der Waals surface area contributed by atoms with Crippen molar-refractivity contribution in [2.45, 2.75) is 52.1 Å². The molecule has 1 atom stereocenters. The maximum Gasteiger partial charge on any atom is 0.270 e. The molecule has 1 aromatic heterocycles. The van der Waals surface area contributed by atoms with Crippen LogP contribution < -0.4 is 16.8 Å². The van der Waals surface area contributed by atoms with Crippen LogP contribution in [0.4, 0.5) is 5.69 Å². The van der Waals surface area contributed by atoms with E-state index in [4.69, 9.17) is 16.2 Å². The number of nitrogens with zero attached hydrogens (tertiary/aromatic N) is 3. The van der Waals surface area contributed by atoms with Crippen LogP contribution in [0, 0.1) is 0 Å². The van der Waals surface area contributed by atoms with E-state index in [-0.39, 0.29) is 22.2 Å². The molecule has 2 rings (SSSR count). The van der Waals surface area contributed by atoms with Crippen molar-refractivity contribution in [2.24, 2.45) is 5.73 Å². The van der Waals surface area contributed by atoms with Gasteiger partial charge in [0.25, 0.3) is 11.8 Å². The molecule has 1 fully saturated rings. The topological polar surface area (TPSA) is 144 Å². The Morgan fingerprint density at radius 2 is 1.94 bits per heavy atom. The van der Waals surface area contributed by atoms with E-state index in [9.17, 15) is 14.4 Å². The minimum Gasteiger partial charge on any atom is -0.395 e. The molecule has 10 nitrogen and oxygen atoms in total. The number of nitrogen functional groups attached to an aromatic ring is 1. The Kier molecular flexibility index (Phi) is 8.78. The van der Waals surface area contributed by atoms with Crippen molar-refractivity contribution in [3.63, 3.8) is 0 Å². The molecule has 1 saturated heterocycles. The summed E-state index contributed by atoms with van der Waals surface area (Å²) in [6, 6.07) is -0.670. The molecule has 0 bridgehead atoms. The molecule has 0 aliphatic carbocycles. The lowest BCUT2D eigenvalue weighted by atomic mass is 10.0. The highest BCUT2D eigenvalue weighted by atomic mass is 32.1. The lowest BCUT2D eigenvalue weighted by molar-refractivity contribution is -0.127. The summed E-state index contributed by atoms with van der Waals surface area (Å²) in [6.45, 7) is 11.4. The molecule has 0 saturated carbocycles. The largest absolute Gasteiger partial charge is 0.395 e. The second-order valence-electron chi connectivity index (χ2n) is 8.63.